The van der Waals surface area contributed by atoms with Gasteiger partial charge in [0.15, 0.2) is 0 Å². The van der Waals surface area contributed by atoms with Crippen LogP contribution in [0.25, 0.3) is 0 Å². The van der Waals surface area contributed by atoms with E-state index in [1.54, 1.807) is 13.8 Å². The van der Waals surface area contributed by atoms with Gasteiger partial charge in [-0.25, -0.2) is 9.59 Å². The number of carbonyl (C=O) groups is 3. The number of methoxy groups -OCH3 is 3. The predicted molar refractivity (Wildman–Crippen MR) is 86.5 cm³/mol. The molecule has 0 fully saturated rings. The highest BCUT2D eigenvalue weighted by molar-refractivity contribution is 5.97. The number of rotatable bonds is 7. The Labute approximate surface area is 142 Å². The number of hydrogen-bond acceptors (Lipinski definition) is 7. The molecule has 1 rings (SSSR count). The van der Waals surface area contributed by atoms with E-state index in [9.17, 15) is 14.4 Å². The first-order valence-corrected chi connectivity index (χ1v) is 7.79. The van der Waals surface area contributed by atoms with Crippen LogP contribution in [0.15, 0.2) is 22.5 Å². The maximum atomic E-state index is 12.2. The molecular formula is C17H25NO6. The second-order valence-corrected chi connectivity index (χ2v) is 5.56. The highest BCUT2D eigenvalue weighted by Gasteiger charge is 2.35. The van der Waals surface area contributed by atoms with Gasteiger partial charge in [-0.15, -0.1) is 0 Å². The molecule has 24 heavy (non-hydrogen) atoms. The quantitative estimate of drug-likeness (QED) is 0.430. The first-order chi connectivity index (χ1) is 11.4. The van der Waals surface area contributed by atoms with Crippen molar-refractivity contribution in [3.8, 4) is 0 Å². The summed E-state index contributed by atoms with van der Waals surface area (Å²) in [6.45, 7) is 3.54. The number of carbonyl (C=O) groups excluding carboxylic acids is 3. The van der Waals surface area contributed by atoms with E-state index >= 15 is 0 Å². The van der Waals surface area contributed by atoms with Crippen LogP contribution in [0.4, 0.5) is 0 Å². The van der Waals surface area contributed by atoms with Gasteiger partial charge in [-0.05, 0) is 26.7 Å². The predicted octanol–water partition coefficient (Wildman–Crippen LogP) is 1.83. The van der Waals surface area contributed by atoms with Crippen molar-refractivity contribution in [2.24, 2.45) is 5.92 Å². The van der Waals surface area contributed by atoms with Crippen LogP contribution in [0.5, 0.6) is 0 Å². The zero-order valence-electron chi connectivity index (χ0n) is 14.9. The van der Waals surface area contributed by atoms with E-state index in [1.807, 2.05) is 0 Å². The molecule has 0 aromatic heterocycles. The zero-order chi connectivity index (χ0) is 18.3. The lowest BCUT2D eigenvalue weighted by molar-refractivity contribution is -0.141. The van der Waals surface area contributed by atoms with Crippen molar-refractivity contribution in [3.63, 3.8) is 0 Å². The van der Waals surface area contributed by atoms with Crippen LogP contribution in [0.2, 0.25) is 0 Å². The molecule has 0 atom stereocenters. The maximum Gasteiger partial charge on any atom is 0.336 e. The molecule has 1 N–H and O–H groups in total. The van der Waals surface area contributed by atoms with Crippen LogP contribution >= 0.6 is 0 Å². The summed E-state index contributed by atoms with van der Waals surface area (Å²) >= 11 is 0. The topological polar surface area (TPSA) is 90.9 Å². The SMILES string of the molecule is COC(=O)CCCCC1C(C(=O)OC)=C(C)NC(C)=C1C(=O)OC. The molecule has 0 radical (unpaired) electrons. The summed E-state index contributed by atoms with van der Waals surface area (Å²) in [6.07, 6.45) is 2.09. The highest BCUT2D eigenvalue weighted by atomic mass is 16.5. The summed E-state index contributed by atoms with van der Waals surface area (Å²) in [6, 6.07) is 0. The smallest absolute Gasteiger partial charge is 0.336 e. The molecule has 0 spiro atoms. The molecule has 0 bridgehead atoms. The largest absolute Gasteiger partial charge is 0.469 e. The van der Waals surface area contributed by atoms with Gasteiger partial charge in [0, 0.05) is 23.7 Å². The standard InChI is InChI=1S/C17H25NO6/c1-10-14(16(20)23-4)12(8-6-7-9-13(19)22-3)15(11(2)18-10)17(21)24-5/h12,18H,6-9H2,1-5H3. The van der Waals surface area contributed by atoms with Crippen molar-refractivity contribution in [1.82, 2.24) is 5.32 Å². The number of unbranched alkanes of at least 4 members (excludes halogenated alkanes) is 1. The van der Waals surface area contributed by atoms with Gasteiger partial charge in [-0.3, -0.25) is 4.79 Å². The van der Waals surface area contributed by atoms with Crippen molar-refractivity contribution in [1.29, 1.82) is 0 Å². The van der Waals surface area contributed by atoms with Gasteiger partial charge in [0.05, 0.1) is 32.5 Å². The van der Waals surface area contributed by atoms with Gasteiger partial charge in [0.25, 0.3) is 0 Å². The molecule has 0 aliphatic carbocycles. The summed E-state index contributed by atoms with van der Waals surface area (Å²) in [4.78, 5) is 35.5. The number of dihydropyridines is 1. The Balaban J connectivity index is 3.02. The molecule has 0 amide bonds. The average molecular weight is 339 g/mol. The van der Waals surface area contributed by atoms with E-state index < -0.39 is 17.9 Å². The van der Waals surface area contributed by atoms with E-state index in [4.69, 9.17) is 9.47 Å². The van der Waals surface area contributed by atoms with E-state index in [-0.39, 0.29) is 5.97 Å². The van der Waals surface area contributed by atoms with Crippen LogP contribution < -0.4 is 5.32 Å². The second-order valence-electron chi connectivity index (χ2n) is 5.56. The first-order valence-electron chi connectivity index (χ1n) is 7.79. The van der Waals surface area contributed by atoms with Crippen molar-refractivity contribution >= 4 is 17.9 Å². The molecule has 7 nitrogen and oxygen atoms in total. The lowest BCUT2D eigenvalue weighted by Gasteiger charge is -2.29. The monoisotopic (exact) mass is 339 g/mol. The molecule has 7 heteroatoms. The van der Waals surface area contributed by atoms with Gasteiger partial charge < -0.3 is 19.5 Å². The van der Waals surface area contributed by atoms with Gasteiger partial charge in [0.2, 0.25) is 0 Å². The van der Waals surface area contributed by atoms with E-state index in [0.717, 1.165) is 0 Å². The van der Waals surface area contributed by atoms with E-state index in [1.165, 1.54) is 21.3 Å². The third kappa shape index (κ3) is 4.59. The maximum absolute atomic E-state index is 12.2. The van der Waals surface area contributed by atoms with Crippen LogP contribution in [0, 0.1) is 5.92 Å². The number of nitrogens with one attached hydrogen (secondary N) is 1. The van der Waals surface area contributed by atoms with Crippen molar-refractivity contribution in [2.75, 3.05) is 21.3 Å². The summed E-state index contributed by atoms with van der Waals surface area (Å²) < 4.78 is 14.3. The van der Waals surface area contributed by atoms with Crippen molar-refractivity contribution in [3.05, 3.63) is 22.5 Å². The molecule has 1 aliphatic heterocycles. The van der Waals surface area contributed by atoms with Gasteiger partial charge in [-0.1, -0.05) is 6.42 Å². The zero-order valence-corrected chi connectivity index (χ0v) is 14.9. The fraction of sp³-hybridized carbons (Fsp3) is 0.588. The minimum Gasteiger partial charge on any atom is -0.469 e. The molecular weight excluding hydrogens is 314 g/mol. The van der Waals surface area contributed by atoms with E-state index in [0.29, 0.717) is 48.2 Å². The van der Waals surface area contributed by atoms with Crippen LogP contribution in [0.1, 0.15) is 39.5 Å². The fourth-order valence-corrected chi connectivity index (χ4v) is 2.90. The van der Waals surface area contributed by atoms with Gasteiger partial charge in [-0.2, -0.15) is 0 Å². The minimum atomic E-state index is -0.480. The van der Waals surface area contributed by atoms with Crippen molar-refractivity contribution in [2.45, 2.75) is 39.5 Å². The van der Waals surface area contributed by atoms with Gasteiger partial charge in [0.1, 0.15) is 0 Å². The summed E-state index contributed by atoms with van der Waals surface area (Å²) in [5.41, 5.74) is 2.15. The fourth-order valence-electron chi connectivity index (χ4n) is 2.90. The Morgan fingerprint density at radius 1 is 0.875 bits per heavy atom. The summed E-state index contributed by atoms with van der Waals surface area (Å²) in [5.74, 6) is -1.66. The Hall–Kier alpha value is -2.31. The molecule has 0 aromatic rings. The molecule has 1 aliphatic rings. The molecule has 0 saturated heterocycles. The molecule has 1 heterocycles. The first kappa shape index (κ1) is 19.7. The lowest BCUT2D eigenvalue weighted by Crippen LogP contribution is -2.33. The van der Waals surface area contributed by atoms with Gasteiger partial charge >= 0.3 is 17.9 Å². The van der Waals surface area contributed by atoms with Crippen LogP contribution in [-0.2, 0) is 28.6 Å². The second kappa shape index (κ2) is 9.10. The molecule has 0 saturated carbocycles. The van der Waals surface area contributed by atoms with Crippen LogP contribution in [0.3, 0.4) is 0 Å². The van der Waals surface area contributed by atoms with Crippen molar-refractivity contribution < 1.29 is 28.6 Å². The van der Waals surface area contributed by atoms with E-state index in [2.05, 4.69) is 10.1 Å². The number of allylic oxidation sites excluding steroid dienone is 2. The number of hydrogen-bond donors (Lipinski definition) is 1. The number of esters is 3. The molecule has 0 unspecified atom stereocenters. The Bertz CT molecular complexity index is 538. The Morgan fingerprint density at radius 2 is 1.38 bits per heavy atom. The normalized spacial score (nSPS) is 15.0. The molecule has 134 valence electrons. The Morgan fingerprint density at radius 3 is 1.79 bits per heavy atom. The highest BCUT2D eigenvalue weighted by Crippen LogP contribution is 2.34. The third-order valence-electron chi connectivity index (χ3n) is 4.04. The third-order valence-corrected chi connectivity index (χ3v) is 4.04. The average Bonchev–Trinajstić information content (AvgIpc) is 2.56. The van der Waals surface area contributed by atoms with Crippen LogP contribution in [-0.4, -0.2) is 39.2 Å². The summed E-state index contributed by atoms with van der Waals surface area (Å²) in [5, 5.41) is 3.04. The number of ether oxygens (including phenoxy) is 3. The summed E-state index contributed by atoms with van der Waals surface area (Å²) in [7, 11) is 3.96. The molecule has 0 aromatic carbocycles. The minimum absolute atomic E-state index is 0.278. The Kier molecular flexibility index (Phi) is 7.48. The lowest BCUT2D eigenvalue weighted by atomic mass is 9.82.